The maximum absolute atomic E-state index is 11.8. The predicted octanol–water partition coefficient (Wildman–Crippen LogP) is 2.62. The first-order chi connectivity index (χ1) is 11.7. The summed E-state index contributed by atoms with van der Waals surface area (Å²) in [5.74, 6) is 0.809. The van der Waals surface area contributed by atoms with Crippen LogP contribution in [0.3, 0.4) is 0 Å². The number of aliphatic hydroxyl groups is 1. The van der Waals surface area contributed by atoms with E-state index in [2.05, 4.69) is 10.6 Å². The number of ether oxygens (including phenoxy) is 1. The van der Waals surface area contributed by atoms with Gasteiger partial charge in [-0.3, -0.25) is 0 Å². The van der Waals surface area contributed by atoms with Crippen molar-refractivity contribution in [3.05, 3.63) is 65.2 Å². The summed E-state index contributed by atoms with van der Waals surface area (Å²) in [6, 6.07) is 15.2. The lowest BCUT2D eigenvalue weighted by atomic mass is 10.1. The van der Waals surface area contributed by atoms with Gasteiger partial charge in [-0.25, -0.2) is 4.79 Å². The molecule has 0 aliphatic heterocycles. The van der Waals surface area contributed by atoms with Gasteiger partial charge in [0.15, 0.2) is 0 Å². The molecule has 2 rings (SSSR count). The Labute approximate surface area is 142 Å². The molecule has 128 valence electrons. The molecule has 5 nitrogen and oxygen atoms in total. The van der Waals surface area contributed by atoms with E-state index < -0.39 is 0 Å². The average Bonchev–Trinajstić information content (AvgIpc) is 2.61. The van der Waals surface area contributed by atoms with E-state index in [4.69, 9.17) is 9.84 Å². The molecule has 0 unspecified atom stereocenters. The summed E-state index contributed by atoms with van der Waals surface area (Å²) in [5.41, 5.74) is 3.01. The van der Waals surface area contributed by atoms with Gasteiger partial charge in [0.25, 0.3) is 0 Å². The van der Waals surface area contributed by atoms with E-state index in [0.717, 1.165) is 28.9 Å². The molecule has 0 heterocycles. The quantitative estimate of drug-likeness (QED) is 0.697. The molecule has 2 aromatic carbocycles. The van der Waals surface area contributed by atoms with Crippen molar-refractivity contribution >= 4 is 6.03 Å². The molecule has 0 saturated carbocycles. The van der Waals surface area contributed by atoms with Gasteiger partial charge in [0.2, 0.25) is 0 Å². The van der Waals surface area contributed by atoms with Gasteiger partial charge in [-0.2, -0.15) is 0 Å². The summed E-state index contributed by atoms with van der Waals surface area (Å²) < 4.78 is 5.44. The number of aliphatic hydroxyl groups excluding tert-OH is 1. The van der Waals surface area contributed by atoms with Crippen molar-refractivity contribution in [1.82, 2.24) is 10.6 Å². The molecule has 0 spiro atoms. The number of amides is 2. The molecular weight excluding hydrogens is 304 g/mol. The van der Waals surface area contributed by atoms with E-state index >= 15 is 0 Å². The van der Waals surface area contributed by atoms with Crippen molar-refractivity contribution in [3.8, 4) is 5.75 Å². The van der Waals surface area contributed by atoms with Gasteiger partial charge in [0, 0.05) is 13.1 Å². The highest BCUT2D eigenvalue weighted by atomic mass is 16.5. The van der Waals surface area contributed by atoms with Crippen molar-refractivity contribution in [2.75, 3.05) is 13.2 Å². The summed E-state index contributed by atoms with van der Waals surface area (Å²) in [6.45, 7) is 3.62. The van der Waals surface area contributed by atoms with Crippen molar-refractivity contribution in [2.24, 2.45) is 0 Å². The lowest BCUT2D eigenvalue weighted by Crippen LogP contribution is -2.36. The van der Waals surface area contributed by atoms with Crippen LogP contribution in [0, 0.1) is 0 Å². The molecule has 24 heavy (non-hydrogen) atoms. The van der Waals surface area contributed by atoms with Crippen LogP contribution in [0.15, 0.2) is 48.5 Å². The van der Waals surface area contributed by atoms with Crippen molar-refractivity contribution in [1.29, 1.82) is 0 Å². The minimum atomic E-state index is -0.191. The van der Waals surface area contributed by atoms with Crippen LogP contribution in [0.2, 0.25) is 0 Å². The van der Waals surface area contributed by atoms with Gasteiger partial charge in [-0.15, -0.1) is 0 Å². The fraction of sp³-hybridized carbons (Fsp3) is 0.316. The number of hydrogen-bond acceptors (Lipinski definition) is 3. The van der Waals surface area contributed by atoms with Gasteiger partial charge in [-0.1, -0.05) is 36.4 Å². The minimum absolute atomic E-state index is 0.0471. The number of nitrogens with one attached hydrogen (secondary N) is 2. The minimum Gasteiger partial charge on any atom is -0.494 e. The van der Waals surface area contributed by atoms with Gasteiger partial charge in [-0.05, 0) is 42.2 Å². The maximum atomic E-state index is 11.8. The highest BCUT2D eigenvalue weighted by Gasteiger charge is 2.02. The molecule has 0 aromatic heterocycles. The Morgan fingerprint density at radius 1 is 1.04 bits per heavy atom. The van der Waals surface area contributed by atoms with Crippen LogP contribution >= 0.6 is 0 Å². The molecule has 2 aromatic rings. The first-order valence-corrected chi connectivity index (χ1v) is 8.13. The molecule has 2 amide bonds. The Morgan fingerprint density at radius 3 is 2.50 bits per heavy atom. The zero-order chi connectivity index (χ0) is 17.2. The van der Waals surface area contributed by atoms with Crippen LogP contribution in [0.5, 0.6) is 5.75 Å². The molecule has 0 atom stereocenters. The van der Waals surface area contributed by atoms with Crippen LogP contribution in [-0.4, -0.2) is 24.3 Å². The molecule has 0 aliphatic carbocycles. The van der Waals surface area contributed by atoms with Gasteiger partial charge in [0.05, 0.1) is 13.2 Å². The lowest BCUT2D eigenvalue weighted by molar-refractivity contribution is 0.240. The zero-order valence-corrected chi connectivity index (χ0v) is 13.9. The van der Waals surface area contributed by atoms with E-state index in [1.807, 2.05) is 55.5 Å². The first kappa shape index (κ1) is 17.8. The predicted molar refractivity (Wildman–Crippen MR) is 93.9 cm³/mol. The fourth-order valence-electron chi connectivity index (χ4n) is 2.29. The molecule has 0 aliphatic rings. The molecule has 3 N–H and O–H groups in total. The smallest absolute Gasteiger partial charge is 0.315 e. The second-order valence-corrected chi connectivity index (χ2v) is 5.41. The molecule has 0 radical (unpaired) electrons. The summed E-state index contributed by atoms with van der Waals surface area (Å²) in [7, 11) is 0. The van der Waals surface area contributed by atoms with Gasteiger partial charge in [0.1, 0.15) is 5.75 Å². The van der Waals surface area contributed by atoms with Crippen LogP contribution in [0.25, 0.3) is 0 Å². The Hall–Kier alpha value is -2.53. The monoisotopic (exact) mass is 328 g/mol. The summed E-state index contributed by atoms with van der Waals surface area (Å²) >= 11 is 0. The number of urea groups is 1. The zero-order valence-electron chi connectivity index (χ0n) is 13.9. The summed E-state index contributed by atoms with van der Waals surface area (Å²) in [4.78, 5) is 11.8. The van der Waals surface area contributed by atoms with E-state index in [1.54, 1.807) is 0 Å². The maximum Gasteiger partial charge on any atom is 0.315 e. The molecule has 0 saturated heterocycles. The summed E-state index contributed by atoms with van der Waals surface area (Å²) in [5, 5.41) is 14.7. The SMILES string of the molecule is CCOc1cccc(CNC(=O)NCCc2ccc(CO)cc2)c1. The lowest BCUT2D eigenvalue weighted by Gasteiger charge is -2.09. The Bertz CT molecular complexity index is 641. The van der Waals surface area contributed by atoms with Crippen LogP contribution in [0.1, 0.15) is 23.6 Å². The second-order valence-electron chi connectivity index (χ2n) is 5.41. The number of carbonyl (C=O) groups is 1. The van der Waals surface area contributed by atoms with Crippen molar-refractivity contribution in [3.63, 3.8) is 0 Å². The normalized spacial score (nSPS) is 10.2. The van der Waals surface area contributed by atoms with Gasteiger partial charge >= 0.3 is 6.03 Å². The van der Waals surface area contributed by atoms with Crippen molar-refractivity contribution in [2.45, 2.75) is 26.5 Å². The number of rotatable bonds is 8. The highest BCUT2D eigenvalue weighted by Crippen LogP contribution is 2.12. The standard InChI is InChI=1S/C19H24N2O3/c1-2-24-18-5-3-4-17(12-18)13-21-19(23)20-11-10-15-6-8-16(14-22)9-7-15/h3-9,12,22H,2,10-11,13-14H2,1H3,(H2,20,21,23). The molecule has 0 bridgehead atoms. The third kappa shape index (κ3) is 5.93. The van der Waals surface area contributed by atoms with E-state index in [1.165, 1.54) is 0 Å². The van der Waals surface area contributed by atoms with E-state index in [-0.39, 0.29) is 12.6 Å². The van der Waals surface area contributed by atoms with Gasteiger partial charge < -0.3 is 20.5 Å². The number of carbonyl (C=O) groups excluding carboxylic acids is 1. The third-order valence-corrected chi connectivity index (χ3v) is 3.57. The Morgan fingerprint density at radius 2 is 1.79 bits per heavy atom. The first-order valence-electron chi connectivity index (χ1n) is 8.13. The topological polar surface area (TPSA) is 70.6 Å². The van der Waals surface area contributed by atoms with E-state index in [9.17, 15) is 4.79 Å². The second kappa shape index (κ2) is 9.57. The molecule has 5 heteroatoms. The highest BCUT2D eigenvalue weighted by molar-refractivity contribution is 5.73. The number of benzene rings is 2. The fourth-order valence-corrected chi connectivity index (χ4v) is 2.29. The van der Waals surface area contributed by atoms with Crippen LogP contribution < -0.4 is 15.4 Å². The average molecular weight is 328 g/mol. The van der Waals surface area contributed by atoms with Crippen LogP contribution in [0.4, 0.5) is 4.79 Å². The molecule has 0 fully saturated rings. The third-order valence-electron chi connectivity index (χ3n) is 3.57. The van der Waals surface area contributed by atoms with Crippen molar-refractivity contribution < 1.29 is 14.6 Å². The Kier molecular flexibility index (Phi) is 7.11. The largest absolute Gasteiger partial charge is 0.494 e. The molecular formula is C19H24N2O3. The van der Waals surface area contributed by atoms with Crippen LogP contribution in [-0.2, 0) is 19.6 Å². The van der Waals surface area contributed by atoms with E-state index in [0.29, 0.717) is 19.7 Å². The number of hydrogen-bond donors (Lipinski definition) is 3. The Balaban J connectivity index is 1.70. The summed E-state index contributed by atoms with van der Waals surface area (Å²) in [6.07, 6.45) is 0.749.